The Hall–Kier alpha value is -2.40. The van der Waals surface area contributed by atoms with Gasteiger partial charge in [0.2, 0.25) is 0 Å². The monoisotopic (exact) mass is 352 g/mol. The van der Waals surface area contributed by atoms with E-state index in [9.17, 15) is 14.0 Å². The van der Waals surface area contributed by atoms with Crippen LogP contribution in [-0.2, 0) is 0 Å². The summed E-state index contributed by atoms with van der Waals surface area (Å²) in [6, 6.07) is 4.93. The molecule has 1 saturated heterocycles. The Morgan fingerprint density at radius 1 is 1.40 bits per heavy atom. The number of nitrogens with zero attached hydrogens (tertiary/aromatic N) is 4. The first-order valence-corrected chi connectivity index (χ1v) is 7.82. The van der Waals surface area contributed by atoms with E-state index in [1.165, 1.54) is 19.2 Å². The average Bonchev–Trinajstić information content (AvgIpc) is 2.54. The Bertz CT molecular complexity index is 686. The summed E-state index contributed by atoms with van der Waals surface area (Å²) < 4.78 is 39.2. The molecule has 1 aromatic rings. The number of alkyl halides is 2. The summed E-state index contributed by atoms with van der Waals surface area (Å²) in [5, 5.41) is 9.33. The van der Waals surface area contributed by atoms with E-state index >= 15 is 0 Å². The van der Waals surface area contributed by atoms with Crippen LogP contribution < -0.4 is 9.47 Å². The van der Waals surface area contributed by atoms with Gasteiger partial charge in [0, 0.05) is 39.2 Å². The van der Waals surface area contributed by atoms with E-state index in [1.54, 1.807) is 37.3 Å². The number of aliphatic imine (C=N–C) groups is 1. The van der Waals surface area contributed by atoms with Crippen LogP contribution in [-0.4, -0.2) is 69.5 Å². The number of rotatable bonds is 5. The Kier molecular flexibility index (Phi) is 5.80. The zero-order valence-corrected chi connectivity index (χ0v) is 14.8. The Morgan fingerprint density at radius 3 is 2.68 bits per heavy atom. The van der Waals surface area contributed by atoms with Crippen LogP contribution in [0.3, 0.4) is 0 Å². The number of hydrogen-bond donors (Lipinski definition) is 0. The predicted octanol–water partition coefficient (Wildman–Crippen LogP) is 2.51. The maximum atomic E-state index is 14.2. The summed E-state index contributed by atoms with van der Waals surface area (Å²) in [6.45, 7) is 0.148. The fourth-order valence-electron chi connectivity index (χ4n) is 2.56. The van der Waals surface area contributed by atoms with E-state index in [-0.39, 0.29) is 30.0 Å². The minimum absolute atomic E-state index is 0.122. The quantitative estimate of drug-likeness (QED) is 0.602. The van der Waals surface area contributed by atoms with Crippen LogP contribution >= 0.6 is 0 Å². The number of hydrogen-bond acceptors (Lipinski definition) is 5. The van der Waals surface area contributed by atoms with Gasteiger partial charge in [0.15, 0.2) is 17.6 Å². The molecule has 0 N–H and O–H groups in total. The highest BCUT2D eigenvalue weighted by Crippen LogP contribution is 2.38. The van der Waals surface area contributed by atoms with Gasteiger partial charge in [0.25, 0.3) is 5.92 Å². The second kappa shape index (κ2) is 7.66. The van der Waals surface area contributed by atoms with Crippen molar-refractivity contribution >= 4 is 12.0 Å². The minimum atomic E-state index is -2.98. The van der Waals surface area contributed by atoms with Crippen molar-refractivity contribution in [3.63, 3.8) is 0 Å². The molecule has 1 aromatic carbocycles. The normalized spacial score (nSPS) is 20.3. The smallest absolute Gasteiger partial charge is 0.296 e. The van der Waals surface area contributed by atoms with Gasteiger partial charge in [-0.25, -0.2) is 13.8 Å². The molecule has 0 spiro atoms. The third kappa shape index (κ3) is 4.57. The van der Waals surface area contributed by atoms with Crippen LogP contribution in [0.1, 0.15) is 12.0 Å². The van der Waals surface area contributed by atoms with Gasteiger partial charge in [-0.15, -0.1) is 0 Å². The van der Waals surface area contributed by atoms with Crippen LogP contribution in [0.15, 0.2) is 17.1 Å². The molecule has 2 rings (SSSR count). The largest absolute Gasteiger partial charge is 0.493 e. The van der Waals surface area contributed by atoms with E-state index in [0.717, 1.165) is 0 Å². The topological polar surface area (TPSA) is 61.1 Å². The molecule has 136 valence electrons. The second-order valence-electron chi connectivity index (χ2n) is 6.23. The first-order chi connectivity index (χ1) is 11.8. The zero-order valence-electron chi connectivity index (χ0n) is 14.8. The minimum Gasteiger partial charge on any atom is -0.493 e. The van der Waals surface area contributed by atoms with Crippen molar-refractivity contribution < 1.29 is 18.3 Å². The van der Waals surface area contributed by atoms with Gasteiger partial charge >= 0.3 is 0 Å². The maximum Gasteiger partial charge on any atom is 0.296 e. The van der Waals surface area contributed by atoms with Crippen molar-refractivity contribution in [1.29, 1.82) is 5.26 Å². The molecule has 1 fully saturated rings. The Morgan fingerprint density at radius 2 is 2.12 bits per heavy atom. The lowest BCUT2D eigenvalue weighted by Gasteiger charge is -2.36. The Labute approximate surface area is 146 Å². The molecule has 1 heterocycles. The number of halogens is 2. The molecule has 0 aromatic heterocycles. The van der Waals surface area contributed by atoms with Crippen molar-refractivity contribution in [1.82, 2.24) is 9.80 Å². The number of methoxy groups -OCH3 is 1. The Balaban J connectivity index is 2.33. The van der Waals surface area contributed by atoms with Gasteiger partial charge in [-0.3, -0.25) is 0 Å². The van der Waals surface area contributed by atoms with E-state index < -0.39 is 12.0 Å². The van der Waals surface area contributed by atoms with Gasteiger partial charge in [0.05, 0.1) is 31.2 Å². The molecule has 25 heavy (non-hydrogen) atoms. The lowest BCUT2D eigenvalue weighted by atomic mass is 10.0. The highest BCUT2D eigenvalue weighted by molar-refractivity contribution is 5.68. The van der Waals surface area contributed by atoms with Crippen molar-refractivity contribution in [2.45, 2.75) is 18.4 Å². The van der Waals surface area contributed by atoms with E-state index in [2.05, 4.69) is 4.99 Å². The van der Waals surface area contributed by atoms with Crippen LogP contribution in [0, 0.1) is 11.3 Å². The lowest BCUT2D eigenvalue weighted by molar-refractivity contribution is -0.135. The number of piperidine rings is 1. The van der Waals surface area contributed by atoms with E-state index in [4.69, 9.17) is 9.47 Å². The molecule has 0 amide bonds. The first kappa shape index (κ1) is 18.9. The molecule has 0 aliphatic carbocycles. The molecule has 1 atom stereocenters. The number of ether oxygens (including phenoxy) is 2. The number of benzene rings is 1. The molecule has 1 aliphatic rings. The average molecular weight is 352 g/mol. The van der Waals surface area contributed by atoms with Crippen LogP contribution in [0.5, 0.6) is 11.5 Å². The highest BCUT2D eigenvalue weighted by atomic mass is 19.3. The molecule has 0 saturated carbocycles. The molecule has 6 nitrogen and oxygen atoms in total. The van der Waals surface area contributed by atoms with Crippen molar-refractivity contribution in [2.75, 3.05) is 41.3 Å². The molecular formula is C17H22F2N4O2. The van der Waals surface area contributed by atoms with Crippen LogP contribution in [0.4, 0.5) is 14.5 Å². The third-order valence-electron chi connectivity index (χ3n) is 3.82. The summed E-state index contributed by atoms with van der Waals surface area (Å²) in [7, 11) is 6.66. The molecule has 0 bridgehead atoms. The summed E-state index contributed by atoms with van der Waals surface area (Å²) in [5.41, 5.74) is 0.612. The van der Waals surface area contributed by atoms with Gasteiger partial charge in [-0.2, -0.15) is 5.26 Å². The van der Waals surface area contributed by atoms with Gasteiger partial charge in [-0.05, 0) is 7.05 Å². The van der Waals surface area contributed by atoms with Gasteiger partial charge in [0.1, 0.15) is 6.07 Å². The van der Waals surface area contributed by atoms with Gasteiger partial charge in [-0.1, -0.05) is 0 Å². The van der Waals surface area contributed by atoms with Crippen molar-refractivity contribution in [2.24, 2.45) is 4.99 Å². The summed E-state index contributed by atoms with van der Waals surface area (Å²) >= 11 is 0. The fraction of sp³-hybridized carbons (Fsp3) is 0.529. The van der Waals surface area contributed by atoms with Crippen molar-refractivity contribution in [3.05, 3.63) is 17.7 Å². The zero-order chi connectivity index (χ0) is 18.6. The first-order valence-electron chi connectivity index (χ1n) is 7.82. The number of nitriles is 1. The highest BCUT2D eigenvalue weighted by Gasteiger charge is 2.45. The van der Waals surface area contributed by atoms with Crippen LogP contribution in [0.25, 0.3) is 0 Å². The second-order valence-corrected chi connectivity index (χ2v) is 6.23. The molecule has 1 aliphatic heterocycles. The van der Waals surface area contributed by atoms with Gasteiger partial charge < -0.3 is 19.3 Å². The SMILES string of the molecule is COc1cc(/N=C\N(C)C)c(C#N)cc1OC1CCN(C)CC1(F)F. The maximum absolute atomic E-state index is 14.2. The lowest BCUT2D eigenvalue weighted by Crippen LogP contribution is -2.52. The van der Waals surface area contributed by atoms with Crippen LogP contribution in [0.2, 0.25) is 0 Å². The van der Waals surface area contributed by atoms with E-state index in [1.807, 2.05) is 6.07 Å². The summed E-state index contributed by atoms with van der Waals surface area (Å²) in [5.74, 6) is -2.59. The predicted molar refractivity (Wildman–Crippen MR) is 91.0 cm³/mol. The third-order valence-corrected chi connectivity index (χ3v) is 3.82. The van der Waals surface area contributed by atoms with Crippen molar-refractivity contribution in [3.8, 4) is 17.6 Å². The fourth-order valence-corrected chi connectivity index (χ4v) is 2.56. The molecule has 1 unspecified atom stereocenters. The summed E-state index contributed by atoms with van der Waals surface area (Å²) in [6.07, 6.45) is 0.469. The molecule has 0 radical (unpaired) electrons. The summed E-state index contributed by atoms with van der Waals surface area (Å²) in [4.78, 5) is 7.49. The molecule has 8 heteroatoms. The molecular weight excluding hydrogens is 330 g/mol. The number of likely N-dealkylation sites (tertiary alicyclic amines) is 1. The van der Waals surface area contributed by atoms with E-state index in [0.29, 0.717) is 12.2 Å². The standard InChI is InChI=1S/C17H22F2N4O2/c1-22(2)11-21-13-8-14(24-4)15(7-12(13)9-20)25-16-5-6-23(3)10-17(16,18)19/h7-8,11,16H,5-6,10H2,1-4H3/b21-11-.